The molecule has 0 N–H and O–H groups in total. The highest BCUT2D eigenvalue weighted by Gasteiger charge is 2.37. The van der Waals surface area contributed by atoms with E-state index in [1.54, 1.807) is 35.6 Å². The average molecular weight is 403 g/mol. The van der Waals surface area contributed by atoms with Gasteiger partial charge in [0.2, 0.25) is 5.91 Å². The van der Waals surface area contributed by atoms with Crippen molar-refractivity contribution in [3.63, 3.8) is 0 Å². The maximum Gasteiger partial charge on any atom is 0.253 e. The Bertz CT molecular complexity index is 806. The Balaban J connectivity index is 1.45. The van der Waals surface area contributed by atoms with Crippen molar-refractivity contribution in [2.45, 2.75) is 31.7 Å². The van der Waals surface area contributed by atoms with Crippen LogP contribution >= 0.6 is 22.9 Å². The molecule has 2 aromatic rings. The second-order valence-electron chi connectivity index (χ2n) is 7.30. The Morgan fingerprint density at radius 2 is 1.81 bits per heavy atom. The number of thiophene rings is 1. The molecule has 0 saturated carbocycles. The molecule has 0 unspecified atom stereocenters. The van der Waals surface area contributed by atoms with Gasteiger partial charge in [0.05, 0.1) is 12.0 Å². The Morgan fingerprint density at radius 1 is 1.04 bits per heavy atom. The summed E-state index contributed by atoms with van der Waals surface area (Å²) in [6.45, 7) is 2.04. The van der Waals surface area contributed by atoms with Gasteiger partial charge in [-0.3, -0.25) is 9.59 Å². The summed E-state index contributed by atoms with van der Waals surface area (Å²) in [6, 6.07) is 11.4. The minimum absolute atomic E-state index is 0.0135. The zero-order valence-electron chi connectivity index (χ0n) is 15.1. The molecule has 0 spiro atoms. The number of halogens is 1. The molecular formula is C21H23ClN2O2S. The summed E-state index contributed by atoms with van der Waals surface area (Å²) >= 11 is 7.64. The first kappa shape index (κ1) is 18.5. The van der Waals surface area contributed by atoms with Crippen molar-refractivity contribution in [2.75, 3.05) is 19.6 Å². The van der Waals surface area contributed by atoms with Crippen molar-refractivity contribution in [2.24, 2.45) is 5.92 Å². The first-order valence-electron chi connectivity index (χ1n) is 9.52. The highest BCUT2D eigenvalue weighted by Crippen LogP contribution is 2.36. The van der Waals surface area contributed by atoms with Gasteiger partial charge < -0.3 is 9.80 Å². The van der Waals surface area contributed by atoms with Crippen molar-refractivity contribution in [1.82, 2.24) is 9.80 Å². The summed E-state index contributed by atoms with van der Waals surface area (Å²) in [5.74, 6) is 0.0930. The van der Waals surface area contributed by atoms with Crippen LogP contribution in [0, 0.1) is 5.92 Å². The zero-order valence-corrected chi connectivity index (χ0v) is 16.7. The van der Waals surface area contributed by atoms with Gasteiger partial charge in [0.1, 0.15) is 0 Å². The van der Waals surface area contributed by atoms with Crippen LogP contribution < -0.4 is 0 Å². The van der Waals surface area contributed by atoms with Crippen molar-refractivity contribution in [1.29, 1.82) is 0 Å². The second-order valence-corrected chi connectivity index (χ2v) is 8.72. The van der Waals surface area contributed by atoms with E-state index in [1.165, 1.54) is 4.88 Å². The van der Waals surface area contributed by atoms with Crippen LogP contribution in [0.25, 0.3) is 0 Å². The van der Waals surface area contributed by atoms with Crippen LogP contribution in [-0.4, -0.2) is 41.2 Å². The molecule has 1 aromatic heterocycles. The number of hydrogen-bond acceptors (Lipinski definition) is 3. The third kappa shape index (κ3) is 3.90. The molecule has 2 saturated heterocycles. The first-order valence-corrected chi connectivity index (χ1v) is 10.8. The number of piperidine rings is 1. The molecule has 2 atom stereocenters. The molecule has 142 valence electrons. The summed E-state index contributed by atoms with van der Waals surface area (Å²) in [7, 11) is 0. The van der Waals surface area contributed by atoms with Crippen LogP contribution in [0.15, 0.2) is 41.8 Å². The normalized spacial score (nSPS) is 22.9. The highest BCUT2D eigenvalue weighted by molar-refractivity contribution is 7.10. The molecule has 4 rings (SSSR count). The smallest absolute Gasteiger partial charge is 0.253 e. The van der Waals surface area contributed by atoms with E-state index in [0.29, 0.717) is 23.7 Å². The molecule has 6 heteroatoms. The molecule has 2 aliphatic heterocycles. The van der Waals surface area contributed by atoms with Gasteiger partial charge in [-0.2, -0.15) is 0 Å². The molecular weight excluding hydrogens is 380 g/mol. The van der Waals surface area contributed by atoms with Crippen molar-refractivity contribution >= 4 is 34.8 Å². The standard InChI is InChI=1S/C21H23ClN2O2S/c22-17-9-7-15(8-10-17)20(25)23-11-1-4-16(14-23)21(26)24-12-2-5-18(24)19-6-3-13-27-19/h3,6-10,13,16,18H,1-2,4-5,11-12,14H2/t16-,18-/m0/s1. The van der Waals surface area contributed by atoms with E-state index in [9.17, 15) is 9.59 Å². The summed E-state index contributed by atoms with van der Waals surface area (Å²) in [6.07, 6.45) is 3.81. The predicted molar refractivity (Wildman–Crippen MR) is 108 cm³/mol. The Kier molecular flexibility index (Phi) is 5.50. The molecule has 0 radical (unpaired) electrons. The van der Waals surface area contributed by atoms with Gasteiger partial charge in [-0.25, -0.2) is 0 Å². The summed E-state index contributed by atoms with van der Waals surface area (Å²) in [5.41, 5.74) is 0.630. The van der Waals surface area contributed by atoms with Gasteiger partial charge in [-0.1, -0.05) is 17.7 Å². The van der Waals surface area contributed by atoms with E-state index >= 15 is 0 Å². The van der Waals surface area contributed by atoms with Crippen LogP contribution in [0.4, 0.5) is 0 Å². The van der Waals surface area contributed by atoms with Gasteiger partial charge in [0.15, 0.2) is 0 Å². The number of nitrogens with zero attached hydrogens (tertiary/aromatic N) is 2. The average Bonchev–Trinajstić information content (AvgIpc) is 3.39. The number of hydrogen-bond donors (Lipinski definition) is 0. The lowest BCUT2D eigenvalue weighted by atomic mass is 9.95. The maximum absolute atomic E-state index is 13.2. The molecule has 1 aromatic carbocycles. The lowest BCUT2D eigenvalue weighted by Crippen LogP contribution is -2.46. The Hall–Kier alpha value is -1.85. The third-order valence-corrected chi connectivity index (χ3v) is 6.78. The number of likely N-dealkylation sites (tertiary alicyclic amines) is 2. The van der Waals surface area contributed by atoms with Crippen LogP contribution in [0.3, 0.4) is 0 Å². The molecule has 27 heavy (non-hydrogen) atoms. The molecule has 4 nitrogen and oxygen atoms in total. The fourth-order valence-corrected chi connectivity index (χ4v) is 5.18. The lowest BCUT2D eigenvalue weighted by molar-refractivity contribution is -0.137. The number of rotatable bonds is 3. The van der Waals surface area contributed by atoms with Crippen molar-refractivity contribution in [3.8, 4) is 0 Å². The van der Waals surface area contributed by atoms with E-state index in [4.69, 9.17) is 11.6 Å². The Labute approximate surface area is 168 Å². The van der Waals surface area contributed by atoms with Crippen LogP contribution in [0.2, 0.25) is 5.02 Å². The van der Waals surface area contributed by atoms with Gasteiger partial charge >= 0.3 is 0 Å². The summed E-state index contributed by atoms with van der Waals surface area (Å²) in [5, 5.41) is 2.69. The number of carbonyl (C=O) groups is 2. The summed E-state index contributed by atoms with van der Waals surface area (Å²) in [4.78, 5) is 31.2. The third-order valence-electron chi connectivity index (χ3n) is 5.56. The molecule has 2 aliphatic rings. The van der Waals surface area contributed by atoms with E-state index in [-0.39, 0.29) is 23.8 Å². The fourth-order valence-electron chi connectivity index (χ4n) is 4.18. The minimum atomic E-state index is -0.101. The fraction of sp³-hybridized carbons (Fsp3) is 0.429. The maximum atomic E-state index is 13.2. The minimum Gasteiger partial charge on any atom is -0.338 e. The van der Waals surface area contributed by atoms with Gasteiger partial charge in [-0.15, -0.1) is 11.3 Å². The highest BCUT2D eigenvalue weighted by atomic mass is 35.5. The van der Waals surface area contributed by atoms with E-state index in [0.717, 1.165) is 32.2 Å². The zero-order chi connectivity index (χ0) is 18.8. The van der Waals surface area contributed by atoms with E-state index < -0.39 is 0 Å². The quantitative estimate of drug-likeness (QED) is 0.751. The number of amides is 2. The number of carbonyl (C=O) groups excluding carboxylic acids is 2. The molecule has 0 bridgehead atoms. The van der Waals surface area contributed by atoms with E-state index in [2.05, 4.69) is 11.4 Å². The van der Waals surface area contributed by atoms with E-state index in [1.807, 2.05) is 15.9 Å². The van der Waals surface area contributed by atoms with Gasteiger partial charge in [0.25, 0.3) is 5.91 Å². The van der Waals surface area contributed by atoms with Crippen molar-refractivity contribution < 1.29 is 9.59 Å². The monoisotopic (exact) mass is 402 g/mol. The second kappa shape index (κ2) is 8.03. The number of benzene rings is 1. The van der Waals surface area contributed by atoms with Gasteiger partial charge in [0, 0.05) is 35.1 Å². The lowest BCUT2D eigenvalue weighted by Gasteiger charge is -2.35. The van der Waals surface area contributed by atoms with Crippen LogP contribution in [0.5, 0.6) is 0 Å². The SMILES string of the molecule is O=C(c1ccc(Cl)cc1)N1CCC[C@H](C(=O)N2CCC[C@H]2c2cccs2)C1. The summed E-state index contributed by atoms with van der Waals surface area (Å²) < 4.78 is 0. The first-order chi connectivity index (χ1) is 13.1. The van der Waals surface area contributed by atoms with Crippen LogP contribution in [-0.2, 0) is 4.79 Å². The predicted octanol–water partition coefficient (Wildman–Crippen LogP) is 4.62. The van der Waals surface area contributed by atoms with Crippen LogP contribution in [0.1, 0.15) is 47.0 Å². The topological polar surface area (TPSA) is 40.6 Å². The largest absolute Gasteiger partial charge is 0.338 e. The molecule has 2 fully saturated rings. The van der Waals surface area contributed by atoms with Gasteiger partial charge in [-0.05, 0) is 61.4 Å². The molecule has 2 amide bonds. The molecule has 3 heterocycles. The van der Waals surface area contributed by atoms with Crippen molar-refractivity contribution in [3.05, 3.63) is 57.2 Å². The molecule has 0 aliphatic carbocycles. The Morgan fingerprint density at radius 3 is 2.56 bits per heavy atom.